The molecule has 5 fully saturated rings. The lowest BCUT2D eigenvalue weighted by Crippen LogP contribution is -2.61. The summed E-state index contributed by atoms with van der Waals surface area (Å²) in [5, 5.41) is 12.0. The molecule has 1 unspecified atom stereocenters. The Kier molecular flexibility index (Phi) is 9.37. The van der Waals surface area contributed by atoms with Gasteiger partial charge in [0, 0.05) is 75.7 Å². The van der Waals surface area contributed by atoms with Crippen molar-refractivity contribution in [3.05, 3.63) is 76.4 Å². The average molecular weight is 777 g/mol. The van der Waals surface area contributed by atoms with E-state index in [-0.39, 0.29) is 30.3 Å². The van der Waals surface area contributed by atoms with Gasteiger partial charge in [-0.1, -0.05) is 11.6 Å². The Bertz CT molecular complexity index is 2120. The minimum atomic E-state index is -0.967. The third kappa shape index (κ3) is 6.62. The number of nitrogens with one attached hydrogen (secondary N) is 1. The molecule has 290 valence electrons. The molecule has 14 heteroatoms. The lowest BCUT2D eigenvalue weighted by molar-refractivity contribution is -0.136. The zero-order valence-electron chi connectivity index (χ0n) is 31.5. The zero-order chi connectivity index (χ0) is 38.7. The number of piperidine rings is 3. The van der Waals surface area contributed by atoms with Crippen molar-refractivity contribution in [2.75, 3.05) is 60.5 Å². The summed E-state index contributed by atoms with van der Waals surface area (Å²) in [5.41, 5.74) is 3.36. The lowest BCUT2D eigenvalue weighted by atomic mass is 9.77. The van der Waals surface area contributed by atoms with Crippen molar-refractivity contribution in [1.82, 2.24) is 20.1 Å². The van der Waals surface area contributed by atoms with Crippen molar-refractivity contribution in [2.45, 2.75) is 76.1 Å². The second-order valence-electron chi connectivity index (χ2n) is 16.4. The molecule has 0 saturated carbocycles. The van der Waals surface area contributed by atoms with Gasteiger partial charge < -0.3 is 19.4 Å². The van der Waals surface area contributed by atoms with E-state index in [0.29, 0.717) is 33.8 Å². The van der Waals surface area contributed by atoms with Gasteiger partial charge in [-0.3, -0.25) is 34.3 Å². The van der Waals surface area contributed by atoms with E-state index in [9.17, 15) is 24.4 Å². The van der Waals surface area contributed by atoms with E-state index in [0.717, 1.165) is 106 Å². The van der Waals surface area contributed by atoms with Crippen LogP contribution in [0.15, 0.2) is 54.7 Å². The number of ether oxygens (including phenoxy) is 1. The molecule has 1 aromatic heterocycles. The summed E-state index contributed by atoms with van der Waals surface area (Å²) in [7, 11) is 0. The summed E-state index contributed by atoms with van der Waals surface area (Å²) >= 11 is 6.37. The van der Waals surface area contributed by atoms with Crippen LogP contribution in [0.25, 0.3) is 0 Å². The summed E-state index contributed by atoms with van der Waals surface area (Å²) in [4.78, 5) is 65.8. The largest absolute Gasteiger partial charge is 0.489 e. The molecule has 7 heterocycles. The Morgan fingerprint density at radius 1 is 0.893 bits per heavy atom. The Morgan fingerprint density at radius 2 is 1.64 bits per heavy atom. The molecule has 13 nitrogen and oxygen atoms in total. The first-order valence-corrected chi connectivity index (χ1v) is 20.1. The predicted molar refractivity (Wildman–Crippen MR) is 210 cm³/mol. The molecule has 3 aromatic rings. The van der Waals surface area contributed by atoms with Gasteiger partial charge in [0.2, 0.25) is 11.8 Å². The van der Waals surface area contributed by atoms with Gasteiger partial charge in [0.25, 0.3) is 11.8 Å². The number of aromatic nitrogens is 1. The number of nitriles is 1. The molecule has 1 N–H and O–H groups in total. The first-order chi connectivity index (χ1) is 27.1. The number of halogens is 1. The van der Waals surface area contributed by atoms with E-state index >= 15 is 0 Å². The zero-order valence-corrected chi connectivity index (χ0v) is 32.2. The number of likely N-dealkylation sites (tertiary alicyclic amines) is 1. The van der Waals surface area contributed by atoms with Crippen molar-refractivity contribution in [2.24, 2.45) is 5.41 Å². The fraction of sp³-hybridized carbons (Fsp3) is 0.476. The van der Waals surface area contributed by atoms with Crippen molar-refractivity contribution in [3.63, 3.8) is 0 Å². The minimum absolute atomic E-state index is 0.0963. The van der Waals surface area contributed by atoms with Gasteiger partial charge in [-0.15, -0.1) is 0 Å². The van der Waals surface area contributed by atoms with Crippen LogP contribution >= 0.6 is 11.6 Å². The first kappa shape index (κ1) is 36.4. The number of fused-ring (bicyclic) bond motifs is 1. The van der Waals surface area contributed by atoms with Gasteiger partial charge in [-0.2, -0.15) is 5.26 Å². The molecular weight excluding hydrogens is 732 g/mol. The maximum atomic E-state index is 13.3. The first-order valence-electron chi connectivity index (χ1n) is 19.8. The van der Waals surface area contributed by atoms with E-state index in [1.807, 2.05) is 30.5 Å². The van der Waals surface area contributed by atoms with Crippen LogP contribution in [-0.4, -0.2) is 108 Å². The maximum Gasteiger partial charge on any atom is 0.262 e. The summed E-state index contributed by atoms with van der Waals surface area (Å²) in [6.07, 6.45) is 7.46. The molecule has 1 spiro atoms. The fourth-order valence-corrected chi connectivity index (χ4v) is 9.96. The van der Waals surface area contributed by atoms with Crippen LogP contribution < -0.4 is 24.8 Å². The number of nitrogens with zero attached hydrogens (tertiary/aromatic N) is 7. The summed E-state index contributed by atoms with van der Waals surface area (Å²) in [6, 6.07) is 17.2. The number of hydrogen-bond acceptors (Lipinski definition) is 11. The number of imide groups is 2. The van der Waals surface area contributed by atoms with E-state index in [1.54, 1.807) is 12.1 Å². The summed E-state index contributed by atoms with van der Waals surface area (Å²) < 4.78 is 6.40. The highest BCUT2D eigenvalue weighted by atomic mass is 35.5. The third-order valence-corrected chi connectivity index (χ3v) is 13.3. The number of anilines is 3. The van der Waals surface area contributed by atoms with Crippen LogP contribution in [0.5, 0.6) is 5.75 Å². The molecule has 6 aliphatic rings. The van der Waals surface area contributed by atoms with Crippen molar-refractivity contribution in [1.29, 1.82) is 5.26 Å². The van der Waals surface area contributed by atoms with E-state index in [4.69, 9.17) is 21.3 Å². The van der Waals surface area contributed by atoms with E-state index < -0.39 is 23.8 Å². The number of hydrogen-bond donors (Lipinski definition) is 1. The lowest BCUT2D eigenvalue weighted by Gasteiger charge is -2.48. The van der Waals surface area contributed by atoms with Crippen LogP contribution in [0.2, 0.25) is 5.02 Å². The molecule has 6 aliphatic heterocycles. The summed E-state index contributed by atoms with van der Waals surface area (Å²) in [5.74, 6) is -0.166. The maximum absolute atomic E-state index is 13.3. The Morgan fingerprint density at radius 3 is 2.34 bits per heavy atom. The number of benzene rings is 2. The van der Waals surface area contributed by atoms with Gasteiger partial charge >= 0.3 is 0 Å². The van der Waals surface area contributed by atoms with Gasteiger partial charge in [0.15, 0.2) is 0 Å². The molecule has 0 bridgehead atoms. The average Bonchev–Trinajstić information content (AvgIpc) is 3.63. The number of carbonyl (C=O) groups excluding carboxylic acids is 4. The minimum Gasteiger partial charge on any atom is -0.489 e. The smallest absolute Gasteiger partial charge is 0.262 e. The van der Waals surface area contributed by atoms with Gasteiger partial charge in [-0.05, 0) is 99.4 Å². The molecule has 4 amide bonds. The second kappa shape index (κ2) is 14.4. The predicted octanol–water partition coefficient (Wildman–Crippen LogP) is 4.63. The van der Waals surface area contributed by atoms with Crippen LogP contribution in [0.4, 0.5) is 17.2 Å². The molecule has 2 atom stereocenters. The van der Waals surface area contributed by atoms with Crippen LogP contribution in [0, 0.1) is 16.7 Å². The molecule has 5 saturated heterocycles. The van der Waals surface area contributed by atoms with Crippen molar-refractivity contribution in [3.8, 4) is 11.8 Å². The van der Waals surface area contributed by atoms with Gasteiger partial charge in [-0.25, -0.2) is 4.98 Å². The highest BCUT2D eigenvalue weighted by Crippen LogP contribution is 2.46. The molecule has 56 heavy (non-hydrogen) atoms. The van der Waals surface area contributed by atoms with E-state index in [1.165, 1.54) is 0 Å². The van der Waals surface area contributed by atoms with Gasteiger partial charge in [0.05, 0.1) is 27.9 Å². The molecule has 2 aromatic carbocycles. The van der Waals surface area contributed by atoms with Crippen LogP contribution in [0.3, 0.4) is 0 Å². The van der Waals surface area contributed by atoms with Crippen LogP contribution in [-0.2, 0) is 9.59 Å². The van der Waals surface area contributed by atoms with Crippen LogP contribution in [0.1, 0.15) is 78.1 Å². The summed E-state index contributed by atoms with van der Waals surface area (Å²) in [6.45, 7) is 8.75. The van der Waals surface area contributed by atoms with Crippen molar-refractivity contribution >= 4 is 52.4 Å². The normalized spacial score (nSPS) is 24.4. The SMILES string of the molecule is C[C@H]1CC2(CCN(c3ccc(OC4CCN(C5CN(c6ccc7c(c6)C(=O)N(C6CCC(=O)NC6=O)C7=O)C5)CC4)cn3)CC2)CN1c1ccc(C#N)c(Cl)c1. The number of rotatable bonds is 7. The highest BCUT2D eigenvalue weighted by molar-refractivity contribution is 6.32. The Hall–Kier alpha value is -5.19. The number of pyridine rings is 1. The molecule has 0 aliphatic carbocycles. The quantitative estimate of drug-likeness (QED) is 0.336. The third-order valence-electron chi connectivity index (χ3n) is 13.0. The van der Waals surface area contributed by atoms with Gasteiger partial charge in [0.1, 0.15) is 29.8 Å². The Labute approximate surface area is 331 Å². The van der Waals surface area contributed by atoms with E-state index in [2.05, 4.69) is 50.0 Å². The monoisotopic (exact) mass is 776 g/mol. The second-order valence-corrected chi connectivity index (χ2v) is 16.8. The molecule has 0 radical (unpaired) electrons. The number of carbonyl (C=O) groups is 4. The number of amides is 4. The molecule has 9 rings (SSSR count). The standard InChI is InChI=1S/C42H45ClN8O5/c1-26-20-42(25-50(26)29-3-2-27(21-44)35(43)19-29)12-16-48(17-13-42)37-8-5-32(22-45-37)56-31-10-14-47(15-11-31)30-23-49(24-30)28-4-6-33-34(18-28)41(55)51(40(33)54)36-7-9-38(52)46-39(36)53/h2-6,8,18-19,22,26,30-31,36H,7,9-17,20,23-25H2,1H3,(H,46,52,53)/t26-,36?/m0/s1. The highest BCUT2D eigenvalue weighted by Gasteiger charge is 2.46. The topological polar surface area (TPSA) is 142 Å². The molecular formula is C42H45ClN8O5. The fourth-order valence-electron chi connectivity index (χ4n) is 9.74. The Balaban J connectivity index is 0.725. The van der Waals surface area contributed by atoms with Crippen molar-refractivity contribution < 1.29 is 23.9 Å².